The minimum Gasteiger partial charge on any atom is -0.334 e. The summed E-state index contributed by atoms with van der Waals surface area (Å²) >= 11 is 0. The van der Waals surface area contributed by atoms with E-state index in [-0.39, 0.29) is 0 Å². The zero-order chi connectivity index (χ0) is 12.6. The number of hydrogen-bond acceptors (Lipinski definition) is 3. The van der Waals surface area contributed by atoms with Gasteiger partial charge in [-0.05, 0) is 18.6 Å². The first-order valence-electron chi connectivity index (χ1n) is 6.50. The smallest absolute Gasteiger partial charge is 0.122 e. The lowest BCUT2D eigenvalue weighted by molar-refractivity contribution is 0.587. The van der Waals surface area contributed by atoms with Crippen molar-refractivity contribution in [2.75, 3.05) is 6.54 Å². The van der Waals surface area contributed by atoms with Crippen molar-refractivity contribution < 1.29 is 0 Å². The largest absolute Gasteiger partial charge is 0.334 e. The van der Waals surface area contributed by atoms with E-state index in [2.05, 4.69) is 32.8 Å². The molecule has 1 N–H and O–H groups in total. The van der Waals surface area contributed by atoms with Crippen molar-refractivity contribution in [3.63, 3.8) is 0 Å². The summed E-state index contributed by atoms with van der Waals surface area (Å²) in [6, 6.07) is 6.02. The van der Waals surface area contributed by atoms with Gasteiger partial charge in [-0.25, -0.2) is 4.98 Å². The molecule has 2 heterocycles. The van der Waals surface area contributed by atoms with Crippen LogP contribution in [0.2, 0.25) is 0 Å². The lowest BCUT2D eigenvalue weighted by Gasteiger charge is -2.07. The van der Waals surface area contributed by atoms with Crippen LogP contribution in [0.1, 0.15) is 24.9 Å². The lowest BCUT2D eigenvalue weighted by atomic mass is 10.3. The van der Waals surface area contributed by atoms with Gasteiger partial charge in [0, 0.05) is 43.8 Å². The average Bonchev–Trinajstić information content (AvgIpc) is 2.84. The second kappa shape index (κ2) is 6.91. The number of pyridine rings is 1. The van der Waals surface area contributed by atoms with Crippen LogP contribution in [0.25, 0.3) is 0 Å². The van der Waals surface area contributed by atoms with Crippen LogP contribution in [0, 0.1) is 0 Å². The van der Waals surface area contributed by atoms with Gasteiger partial charge in [-0.3, -0.25) is 4.98 Å². The zero-order valence-corrected chi connectivity index (χ0v) is 10.8. The molecule has 96 valence electrons. The Kier molecular flexibility index (Phi) is 4.90. The van der Waals surface area contributed by atoms with Crippen molar-refractivity contribution in [3.05, 3.63) is 48.3 Å². The summed E-state index contributed by atoms with van der Waals surface area (Å²) in [5.74, 6) is 1.11. The van der Waals surface area contributed by atoms with Gasteiger partial charge >= 0.3 is 0 Å². The Balaban J connectivity index is 1.73. The first-order valence-corrected chi connectivity index (χ1v) is 6.50. The summed E-state index contributed by atoms with van der Waals surface area (Å²) in [5.41, 5.74) is 1.13. The highest BCUT2D eigenvalue weighted by Crippen LogP contribution is 1.99. The summed E-state index contributed by atoms with van der Waals surface area (Å²) in [4.78, 5) is 8.66. The van der Waals surface area contributed by atoms with Gasteiger partial charge in [0.2, 0.25) is 0 Å². The molecule has 2 aromatic rings. The maximum Gasteiger partial charge on any atom is 0.122 e. The number of rotatable bonds is 7. The Morgan fingerprint density at radius 3 is 2.94 bits per heavy atom. The molecular formula is C14H20N4. The van der Waals surface area contributed by atoms with Crippen molar-refractivity contribution >= 4 is 0 Å². The van der Waals surface area contributed by atoms with Crippen LogP contribution < -0.4 is 5.32 Å². The predicted molar refractivity (Wildman–Crippen MR) is 72.2 cm³/mol. The van der Waals surface area contributed by atoms with Crippen LogP contribution in [0.5, 0.6) is 0 Å². The number of nitrogens with zero attached hydrogens (tertiary/aromatic N) is 3. The summed E-state index contributed by atoms with van der Waals surface area (Å²) in [5, 5.41) is 3.41. The van der Waals surface area contributed by atoms with Gasteiger partial charge in [-0.2, -0.15) is 0 Å². The van der Waals surface area contributed by atoms with E-state index in [9.17, 15) is 0 Å². The van der Waals surface area contributed by atoms with E-state index >= 15 is 0 Å². The molecule has 0 aliphatic heterocycles. The molecule has 0 radical (unpaired) electrons. The van der Waals surface area contributed by atoms with Gasteiger partial charge in [-0.1, -0.05) is 13.0 Å². The van der Waals surface area contributed by atoms with Crippen molar-refractivity contribution in [2.45, 2.75) is 32.9 Å². The van der Waals surface area contributed by atoms with Crippen LogP contribution in [0.3, 0.4) is 0 Å². The van der Waals surface area contributed by atoms with E-state index in [0.717, 1.165) is 44.0 Å². The molecule has 2 aromatic heterocycles. The molecule has 0 aliphatic carbocycles. The number of aromatic nitrogens is 3. The molecule has 0 spiro atoms. The Morgan fingerprint density at radius 2 is 2.17 bits per heavy atom. The van der Waals surface area contributed by atoms with Gasteiger partial charge in [0.15, 0.2) is 0 Å². The lowest BCUT2D eigenvalue weighted by Crippen LogP contribution is -2.20. The molecule has 0 saturated carbocycles. The SMILES string of the molecule is CCCn1ccnc1CNCCc1ccccn1. The molecule has 0 atom stereocenters. The van der Waals surface area contributed by atoms with E-state index in [1.165, 1.54) is 0 Å². The standard InChI is InChI=1S/C14H20N4/c1-2-10-18-11-9-17-14(18)12-15-8-6-13-5-3-4-7-16-13/h3-5,7,9,11,15H,2,6,8,10,12H2,1H3. The van der Waals surface area contributed by atoms with E-state index in [4.69, 9.17) is 0 Å². The van der Waals surface area contributed by atoms with Gasteiger partial charge in [0.1, 0.15) is 5.82 Å². The third-order valence-electron chi connectivity index (χ3n) is 2.83. The molecule has 2 rings (SSSR count). The molecule has 0 fully saturated rings. The quantitative estimate of drug-likeness (QED) is 0.758. The third-order valence-corrected chi connectivity index (χ3v) is 2.83. The van der Waals surface area contributed by atoms with Gasteiger partial charge in [0.05, 0.1) is 6.54 Å². The molecule has 0 amide bonds. The summed E-state index contributed by atoms with van der Waals surface area (Å²) in [7, 11) is 0. The predicted octanol–water partition coefficient (Wildman–Crippen LogP) is 2.02. The molecule has 18 heavy (non-hydrogen) atoms. The third kappa shape index (κ3) is 3.67. The van der Waals surface area contributed by atoms with Crippen molar-refractivity contribution in [1.82, 2.24) is 19.9 Å². The number of imidazole rings is 1. The summed E-state index contributed by atoms with van der Waals surface area (Å²) in [6.45, 7) is 4.96. The molecule has 0 saturated heterocycles. The highest BCUT2D eigenvalue weighted by atomic mass is 15.1. The monoisotopic (exact) mass is 244 g/mol. The van der Waals surface area contributed by atoms with Crippen LogP contribution >= 0.6 is 0 Å². The minimum absolute atomic E-state index is 0.819. The number of hydrogen-bond donors (Lipinski definition) is 1. The molecule has 0 aliphatic rings. The number of aryl methyl sites for hydroxylation is 1. The van der Waals surface area contributed by atoms with E-state index in [1.807, 2.05) is 30.7 Å². The molecule has 0 aromatic carbocycles. The van der Waals surface area contributed by atoms with Crippen LogP contribution in [0.15, 0.2) is 36.8 Å². The number of nitrogens with one attached hydrogen (secondary N) is 1. The normalized spacial score (nSPS) is 10.7. The Bertz CT molecular complexity index is 450. The van der Waals surface area contributed by atoms with Crippen molar-refractivity contribution in [1.29, 1.82) is 0 Å². The fourth-order valence-electron chi connectivity index (χ4n) is 1.91. The highest BCUT2D eigenvalue weighted by molar-refractivity contribution is 5.03. The first kappa shape index (κ1) is 12.8. The maximum absolute atomic E-state index is 4.36. The fourth-order valence-corrected chi connectivity index (χ4v) is 1.91. The summed E-state index contributed by atoms with van der Waals surface area (Å²) < 4.78 is 2.20. The van der Waals surface area contributed by atoms with Crippen molar-refractivity contribution in [2.24, 2.45) is 0 Å². The maximum atomic E-state index is 4.36. The van der Waals surface area contributed by atoms with E-state index in [0.29, 0.717) is 0 Å². The summed E-state index contributed by atoms with van der Waals surface area (Å²) in [6.07, 6.45) is 7.83. The van der Waals surface area contributed by atoms with E-state index in [1.54, 1.807) is 0 Å². The Labute approximate surface area is 108 Å². The second-order valence-corrected chi connectivity index (χ2v) is 4.28. The first-order chi connectivity index (χ1) is 8.90. The van der Waals surface area contributed by atoms with Gasteiger partial charge in [-0.15, -0.1) is 0 Å². The van der Waals surface area contributed by atoms with E-state index < -0.39 is 0 Å². The minimum atomic E-state index is 0.819. The topological polar surface area (TPSA) is 42.7 Å². The highest BCUT2D eigenvalue weighted by Gasteiger charge is 2.01. The van der Waals surface area contributed by atoms with Crippen LogP contribution in [-0.4, -0.2) is 21.1 Å². The van der Waals surface area contributed by atoms with Crippen molar-refractivity contribution in [3.8, 4) is 0 Å². The average molecular weight is 244 g/mol. The molecule has 4 heteroatoms. The van der Waals surface area contributed by atoms with Gasteiger partial charge in [0.25, 0.3) is 0 Å². The fraction of sp³-hybridized carbons (Fsp3) is 0.429. The Morgan fingerprint density at radius 1 is 1.22 bits per heavy atom. The molecule has 4 nitrogen and oxygen atoms in total. The van der Waals surface area contributed by atoms with Crippen LogP contribution in [-0.2, 0) is 19.5 Å². The van der Waals surface area contributed by atoms with Crippen LogP contribution in [0.4, 0.5) is 0 Å². The van der Waals surface area contributed by atoms with Gasteiger partial charge < -0.3 is 9.88 Å². The Hall–Kier alpha value is -1.68. The molecular weight excluding hydrogens is 224 g/mol. The molecule has 0 bridgehead atoms. The molecule has 0 unspecified atom stereocenters. The second-order valence-electron chi connectivity index (χ2n) is 4.28. The zero-order valence-electron chi connectivity index (χ0n) is 10.8.